The van der Waals surface area contributed by atoms with E-state index in [1.807, 2.05) is 28.7 Å². The van der Waals surface area contributed by atoms with Gasteiger partial charge in [0, 0.05) is 3.57 Å². The summed E-state index contributed by atoms with van der Waals surface area (Å²) in [5.74, 6) is 0. The average molecular weight is 301 g/mol. The Morgan fingerprint density at radius 3 is 2.55 bits per heavy atom. The normalized spacial score (nSPS) is 9.73. The van der Waals surface area contributed by atoms with Crippen LogP contribution in [0.1, 0.15) is 10.4 Å². The van der Waals surface area contributed by atoms with Crippen molar-refractivity contribution < 1.29 is 4.79 Å². The molecule has 0 aliphatic rings. The second kappa shape index (κ2) is 3.74. The lowest BCUT2D eigenvalue weighted by molar-refractivity contribution is 0.108. The van der Waals surface area contributed by atoms with Gasteiger partial charge in [0.05, 0.1) is 10.6 Å². The number of hydrogen-bond acceptors (Lipinski definition) is 1. The van der Waals surface area contributed by atoms with E-state index in [0.717, 1.165) is 3.57 Å². The van der Waals surface area contributed by atoms with Gasteiger partial charge >= 0.3 is 0 Å². The van der Waals surface area contributed by atoms with Gasteiger partial charge in [-0.1, -0.05) is 17.7 Å². The molecule has 0 aliphatic carbocycles. The summed E-state index contributed by atoms with van der Waals surface area (Å²) < 4.78 is 0.829. The maximum Gasteiger partial charge on any atom is 0.253 e. The van der Waals surface area contributed by atoms with Gasteiger partial charge in [-0.3, -0.25) is 4.79 Å². The summed E-state index contributed by atoms with van der Waals surface area (Å²) in [5.41, 5.74) is 0.361. The molecule has 0 saturated heterocycles. The van der Waals surface area contributed by atoms with Gasteiger partial charge in [0.15, 0.2) is 0 Å². The molecule has 0 bridgehead atoms. The van der Waals surface area contributed by atoms with E-state index in [4.69, 9.17) is 23.2 Å². The number of carbonyl (C=O) groups is 1. The van der Waals surface area contributed by atoms with Gasteiger partial charge < -0.3 is 0 Å². The SMILES string of the molecule is O=C(Cl)c1cccc(I)c1Cl. The molecule has 0 fully saturated rings. The lowest BCUT2D eigenvalue weighted by Gasteiger charge is -1.98. The highest BCUT2D eigenvalue weighted by molar-refractivity contribution is 14.1. The Kier molecular flexibility index (Phi) is 3.16. The first-order chi connectivity index (χ1) is 5.13. The second-order valence-corrected chi connectivity index (χ2v) is 3.76. The third-order valence-corrected chi connectivity index (χ3v) is 2.99. The van der Waals surface area contributed by atoms with Gasteiger partial charge in [-0.05, 0) is 46.3 Å². The minimum Gasteiger partial charge on any atom is -0.276 e. The van der Waals surface area contributed by atoms with Gasteiger partial charge in [-0.25, -0.2) is 0 Å². The fraction of sp³-hybridized carbons (Fsp3) is 0. The van der Waals surface area contributed by atoms with Crippen LogP contribution in [0.4, 0.5) is 0 Å². The van der Waals surface area contributed by atoms with Crippen molar-refractivity contribution in [3.63, 3.8) is 0 Å². The van der Waals surface area contributed by atoms with E-state index in [9.17, 15) is 4.79 Å². The molecule has 4 heteroatoms. The van der Waals surface area contributed by atoms with Crippen molar-refractivity contribution in [3.8, 4) is 0 Å². The number of benzene rings is 1. The molecule has 0 spiro atoms. The van der Waals surface area contributed by atoms with Crippen LogP contribution in [-0.4, -0.2) is 5.24 Å². The summed E-state index contributed by atoms with van der Waals surface area (Å²) in [6.45, 7) is 0. The van der Waals surface area contributed by atoms with Gasteiger partial charge in [-0.15, -0.1) is 0 Å². The molecule has 11 heavy (non-hydrogen) atoms. The number of rotatable bonds is 1. The van der Waals surface area contributed by atoms with Crippen LogP contribution in [0.15, 0.2) is 18.2 Å². The molecule has 0 atom stereocenters. The van der Waals surface area contributed by atoms with Crippen LogP contribution in [0.25, 0.3) is 0 Å². The molecule has 0 heterocycles. The summed E-state index contributed by atoms with van der Waals surface area (Å²) in [7, 11) is 0. The zero-order chi connectivity index (χ0) is 8.43. The molecule has 1 aromatic carbocycles. The van der Waals surface area contributed by atoms with Crippen molar-refractivity contribution in [1.82, 2.24) is 0 Å². The third-order valence-electron chi connectivity index (χ3n) is 1.16. The van der Waals surface area contributed by atoms with Crippen LogP contribution < -0.4 is 0 Å². The largest absolute Gasteiger partial charge is 0.276 e. The van der Waals surface area contributed by atoms with E-state index in [-0.39, 0.29) is 0 Å². The third kappa shape index (κ3) is 2.07. The molecular weight excluding hydrogens is 298 g/mol. The summed E-state index contributed by atoms with van der Waals surface area (Å²) >= 11 is 13.1. The molecule has 0 aromatic heterocycles. The minimum atomic E-state index is -0.520. The Morgan fingerprint density at radius 2 is 2.09 bits per heavy atom. The van der Waals surface area contributed by atoms with E-state index >= 15 is 0 Å². The zero-order valence-electron chi connectivity index (χ0n) is 5.27. The van der Waals surface area contributed by atoms with Crippen molar-refractivity contribution in [2.24, 2.45) is 0 Å². The molecule has 0 unspecified atom stereocenters. The Balaban J connectivity index is 3.27. The maximum atomic E-state index is 10.7. The summed E-state index contributed by atoms with van der Waals surface area (Å²) in [5, 5.41) is -0.0957. The first kappa shape index (κ1) is 9.29. The van der Waals surface area contributed by atoms with E-state index in [1.165, 1.54) is 0 Å². The minimum absolute atomic E-state index is 0.361. The van der Waals surface area contributed by atoms with E-state index in [2.05, 4.69) is 0 Å². The fourth-order valence-corrected chi connectivity index (χ4v) is 1.57. The summed E-state index contributed by atoms with van der Waals surface area (Å²) in [6.07, 6.45) is 0. The van der Waals surface area contributed by atoms with E-state index in [1.54, 1.807) is 12.1 Å². The monoisotopic (exact) mass is 300 g/mol. The van der Waals surface area contributed by atoms with Crippen LogP contribution >= 0.6 is 45.8 Å². The number of halogens is 3. The molecule has 0 radical (unpaired) electrons. The lowest BCUT2D eigenvalue weighted by Crippen LogP contribution is -1.90. The van der Waals surface area contributed by atoms with Crippen LogP contribution in [0, 0.1) is 3.57 Å². The van der Waals surface area contributed by atoms with Crippen molar-refractivity contribution >= 4 is 51.0 Å². The predicted octanol–water partition coefficient (Wildman–Crippen LogP) is 3.32. The molecular formula is C7H3Cl2IO. The molecule has 0 N–H and O–H groups in total. The molecule has 0 aliphatic heterocycles. The van der Waals surface area contributed by atoms with E-state index in [0.29, 0.717) is 10.6 Å². The van der Waals surface area contributed by atoms with Crippen LogP contribution in [-0.2, 0) is 0 Å². The predicted molar refractivity (Wildman–Crippen MR) is 54.4 cm³/mol. The van der Waals surface area contributed by atoms with Crippen molar-refractivity contribution in [2.45, 2.75) is 0 Å². The van der Waals surface area contributed by atoms with Crippen molar-refractivity contribution in [1.29, 1.82) is 0 Å². The van der Waals surface area contributed by atoms with Crippen molar-refractivity contribution in [3.05, 3.63) is 32.4 Å². The highest BCUT2D eigenvalue weighted by Gasteiger charge is 2.08. The van der Waals surface area contributed by atoms with Gasteiger partial charge in [0.1, 0.15) is 0 Å². The molecule has 1 aromatic rings. The lowest BCUT2D eigenvalue weighted by atomic mass is 10.2. The summed E-state index contributed by atoms with van der Waals surface area (Å²) in [6, 6.07) is 5.15. The van der Waals surface area contributed by atoms with Gasteiger partial charge in [0.2, 0.25) is 0 Å². The highest BCUT2D eigenvalue weighted by Crippen LogP contribution is 2.23. The number of carbonyl (C=O) groups excluding carboxylic acids is 1. The zero-order valence-corrected chi connectivity index (χ0v) is 8.94. The van der Waals surface area contributed by atoms with Crippen molar-refractivity contribution in [2.75, 3.05) is 0 Å². The van der Waals surface area contributed by atoms with E-state index < -0.39 is 5.24 Å². The molecule has 1 nitrogen and oxygen atoms in total. The van der Waals surface area contributed by atoms with Crippen LogP contribution in [0.5, 0.6) is 0 Å². The second-order valence-electron chi connectivity index (χ2n) is 1.88. The Morgan fingerprint density at radius 1 is 1.45 bits per heavy atom. The summed E-state index contributed by atoms with van der Waals surface area (Å²) in [4.78, 5) is 10.7. The first-order valence-corrected chi connectivity index (χ1v) is 4.60. The smallest absolute Gasteiger partial charge is 0.253 e. The topological polar surface area (TPSA) is 17.1 Å². The maximum absolute atomic E-state index is 10.7. The van der Waals surface area contributed by atoms with Gasteiger partial charge in [-0.2, -0.15) is 0 Å². The quantitative estimate of drug-likeness (QED) is 0.574. The first-order valence-electron chi connectivity index (χ1n) is 2.77. The average Bonchev–Trinajstić information content (AvgIpc) is 1.94. The number of hydrogen-bond donors (Lipinski definition) is 0. The van der Waals surface area contributed by atoms with Crippen LogP contribution in [0.2, 0.25) is 5.02 Å². The highest BCUT2D eigenvalue weighted by atomic mass is 127. The van der Waals surface area contributed by atoms with Crippen LogP contribution in [0.3, 0.4) is 0 Å². The molecule has 0 saturated carbocycles. The molecule has 58 valence electrons. The Labute approximate surface area is 87.8 Å². The molecule has 0 amide bonds. The fourth-order valence-electron chi connectivity index (χ4n) is 0.656. The molecule has 1 rings (SSSR count). The van der Waals surface area contributed by atoms with Gasteiger partial charge in [0.25, 0.3) is 5.24 Å². The Bertz CT molecular complexity index is 298. The Hall–Kier alpha value is 0.200. The standard InChI is InChI=1S/C7H3Cl2IO/c8-6-4(7(9)11)2-1-3-5(6)10/h1-3H.